The number of hydrogen-bond acceptors (Lipinski definition) is 8. The molecule has 1 aromatic rings. The number of hydrogen-bond donors (Lipinski definition) is 3. The van der Waals surface area contributed by atoms with E-state index in [4.69, 9.17) is 4.74 Å². The van der Waals surface area contributed by atoms with Gasteiger partial charge in [-0.1, -0.05) is 0 Å². The first-order chi connectivity index (χ1) is 8.64. The van der Waals surface area contributed by atoms with Crippen LogP contribution >= 0.6 is 11.8 Å². The summed E-state index contributed by atoms with van der Waals surface area (Å²) < 4.78 is 5.00. The molecule has 0 saturated carbocycles. The van der Waals surface area contributed by atoms with E-state index in [9.17, 15) is 5.11 Å². The van der Waals surface area contributed by atoms with E-state index < -0.39 is 0 Å². The summed E-state index contributed by atoms with van der Waals surface area (Å²) in [4.78, 5) is 12.3. The van der Waals surface area contributed by atoms with Gasteiger partial charge >= 0.3 is 6.01 Å². The number of methoxy groups -OCH3 is 1. The highest BCUT2D eigenvalue weighted by molar-refractivity contribution is 7.99. The predicted molar refractivity (Wildman–Crippen MR) is 73.4 cm³/mol. The van der Waals surface area contributed by atoms with Crippen molar-refractivity contribution in [2.24, 2.45) is 0 Å². The molecule has 0 aliphatic rings. The SMILES string of the molecule is CNc1nc(NC(C)C(CO)SC)nc(OC)n1. The lowest BCUT2D eigenvalue weighted by Crippen LogP contribution is -2.31. The smallest absolute Gasteiger partial charge is 0.322 e. The third-order valence-electron chi connectivity index (χ3n) is 2.42. The second kappa shape index (κ2) is 7.22. The van der Waals surface area contributed by atoms with Crippen LogP contribution in [-0.4, -0.2) is 58.4 Å². The lowest BCUT2D eigenvalue weighted by atomic mass is 10.2. The molecule has 0 bridgehead atoms. The summed E-state index contributed by atoms with van der Waals surface area (Å²) >= 11 is 1.59. The minimum atomic E-state index is 0.0295. The molecular weight excluding hydrogens is 254 g/mol. The maximum atomic E-state index is 9.22. The van der Waals surface area contributed by atoms with E-state index in [-0.39, 0.29) is 23.9 Å². The van der Waals surface area contributed by atoms with Gasteiger partial charge in [0.15, 0.2) is 0 Å². The van der Waals surface area contributed by atoms with Gasteiger partial charge in [0.25, 0.3) is 0 Å². The van der Waals surface area contributed by atoms with E-state index in [1.165, 1.54) is 7.11 Å². The average Bonchev–Trinajstić information content (AvgIpc) is 2.39. The number of nitrogens with zero attached hydrogens (tertiary/aromatic N) is 3. The Bertz CT molecular complexity index is 353. The molecule has 2 unspecified atom stereocenters. The molecule has 0 spiro atoms. The topological polar surface area (TPSA) is 92.2 Å². The summed E-state index contributed by atoms with van der Waals surface area (Å²) in [7, 11) is 3.22. The number of aliphatic hydroxyl groups excluding tert-OH is 1. The number of ether oxygens (including phenoxy) is 1. The van der Waals surface area contributed by atoms with E-state index in [2.05, 4.69) is 25.6 Å². The maximum Gasteiger partial charge on any atom is 0.322 e. The van der Waals surface area contributed by atoms with Crippen LogP contribution in [0.15, 0.2) is 0 Å². The molecule has 0 aliphatic heterocycles. The van der Waals surface area contributed by atoms with Crippen LogP contribution in [0.4, 0.5) is 11.9 Å². The predicted octanol–water partition coefficient (Wildman–Crippen LogP) is 0.446. The monoisotopic (exact) mass is 273 g/mol. The average molecular weight is 273 g/mol. The minimum Gasteiger partial charge on any atom is -0.467 e. The number of nitrogens with one attached hydrogen (secondary N) is 2. The molecule has 0 amide bonds. The molecule has 7 nitrogen and oxygen atoms in total. The van der Waals surface area contributed by atoms with Crippen LogP contribution in [0.5, 0.6) is 6.01 Å². The van der Waals surface area contributed by atoms with Gasteiger partial charge in [0.05, 0.1) is 13.7 Å². The molecule has 1 rings (SSSR count). The molecule has 1 aromatic heterocycles. The van der Waals surface area contributed by atoms with Crippen LogP contribution in [0, 0.1) is 0 Å². The highest BCUT2D eigenvalue weighted by Crippen LogP contribution is 2.16. The number of anilines is 2. The molecule has 1 heterocycles. The van der Waals surface area contributed by atoms with Crippen molar-refractivity contribution < 1.29 is 9.84 Å². The van der Waals surface area contributed by atoms with Crippen molar-refractivity contribution >= 4 is 23.7 Å². The molecular formula is C10H19N5O2S. The van der Waals surface area contributed by atoms with Crippen molar-refractivity contribution in [2.75, 3.05) is 37.7 Å². The Morgan fingerprint density at radius 1 is 1.33 bits per heavy atom. The molecule has 0 aromatic carbocycles. The second-order valence-corrected chi connectivity index (χ2v) is 4.69. The molecule has 0 radical (unpaired) electrons. The van der Waals surface area contributed by atoms with Crippen LogP contribution in [-0.2, 0) is 0 Å². The number of thioether (sulfide) groups is 1. The van der Waals surface area contributed by atoms with Gasteiger partial charge in [-0.15, -0.1) is 0 Å². The quantitative estimate of drug-likeness (QED) is 0.659. The summed E-state index contributed by atoms with van der Waals surface area (Å²) in [6.45, 7) is 2.06. The first-order valence-electron chi connectivity index (χ1n) is 5.52. The second-order valence-electron chi connectivity index (χ2n) is 3.61. The van der Waals surface area contributed by atoms with Gasteiger partial charge < -0.3 is 20.5 Å². The first-order valence-corrected chi connectivity index (χ1v) is 6.81. The fourth-order valence-electron chi connectivity index (χ4n) is 1.36. The van der Waals surface area contributed by atoms with Gasteiger partial charge in [-0.2, -0.15) is 26.7 Å². The van der Waals surface area contributed by atoms with Crippen LogP contribution in [0.25, 0.3) is 0 Å². The fraction of sp³-hybridized carbons (Fsp3) is 0.700. The molecule has 18 heavy (non-hydrogen) atoms. The van der Waals surface area contributed by atoms with E-state index in [1.54, 1.807) is 18.8 Å². The Labute approximate surface area is 111 Å². The van der Waals surface area contributed by atoms with Crippen molar-refractivity contribution in [1.82, 2.24) is 15.0 Å². The lowest BCUT2D eigenvalue weighted by Gasteiger charge is -2.21. The Kier molecular flexibility index (Phi) is 5.93. The van der Waals surface area contributed by atoms with E-state index >= 15 is 0 Å². The van der Waals surface area contributed by atoms with E-state index in [1.807, 2.05) is 13.2 Å². The van der Waals surface area contributed by atoms with E-state index in [0.717, 1.165) is 0 Å². The van der Waals surface area contributed by atoms with Crippen molar-refractivity contribution in [3.05, 3.63) is 0 Å². The zero-order valence-corrected chi connectivity index (χ0v) is 11.8. The number of aliphatic hydroxyl groups is 1. The summed E-state index contributed by atoms with van der Waals surface area (Å²) in [5.74, 6) is 0.854. The Balaban J connectivity index is 2.82. The number of rotatable bonds is 7. The van der Waals surface area contributed by atoms with Crippen LogP contribution in [0.1, 0.15) is 6.92 Å². The van der Waals surface area contributed by atoms with Crippen LogP contribution < -0.4 is 15.4 Å². The summed E-state index contributed by atoms with van der Waals surface area (Å²) in [5.41, 5.74) is 0. The van der Waals surface area contributed by atoms with Crippen molar-refractivity contribution in [3.63, 3.8) is 0 Å². The maximum absolute atomic E-state index is 9.22. The summed E-state index contributed by atoms with van der Waals surface area (Å²) in [6, 6.07) is 0.274. The zero-order valence-electron chi connectivity index (χ0n) is 11.0. The van der Waals surface area contributed by atoms with Gasteiger partial charge in [-0.25, -0.2) is 0 Å². The van der Waals surface area contributed by atoms with Gasteiger partial charge in [0.2, 0.25) is 11.9 Å². The molecule has 102 valence electrons. The first kappa shape index (κ1) is 14.8. The van der Waals surface area contributed by atoms with Crippen molar-refractivity contribution in [3.8, 4) is 6.01 Å². The number of aromatic nitrogens is 3. The Hall–Kier alpha value is -1.28. The third-order valence-corrected chi connectivity index (χ3v) is 3.58. The van der Waals surface area contributed by atoms with Gasteiger partial charge in [0.1, 0.15) is 0 Å². The van der Waals surface area contributed by atoms with Gasteiger partial charge in [0, 0.05) is 18.3 Å². The normalized spacial score (nSPS) is 13.8. The van der Waals surface area contributed by atoms with E-state index in [0.29, 0.717) is 11.9 Å². The summed E-state index contributed by atoms with van der Waals surface area (Å²) in [6.07, 6.45) is 1.95. The standard InChI is InChI=1S/C10H19N5O2S/c1-6(7(5-16)18-4)12-9-13-8(11-2)14-10(15-9)17-3/h6-7,16H,5H2,1-4H3,(H2,11,12,13,14,15). The fourth-order valence-corrected chi connectivity index (χ4v) is 1.98. The van der Waals surface area contributed by atoms with Crippen molar-refractivity contribution in [1.29, 1.82) is 0 Å². The highest BCUT2D eigenvalue weighted by Gasteiger charge is 2.17. The Morgan fingerprint density at radius 3 is 2.50 bits per heavy atom. The van der Waals surface area contributed by atoms with Gasteiger partial charge in [-0.05, 0) is 13.2 Å². The molecule has 8 heteroatoms. The summed E-state index contributed by atoms with van der Waals surface area (Å²) in [5, 5.41) is 15.3. The lowest BCUT2D eigenvalue weighted by molar-refractivity contribution is 0.288. The highest BCUT2D eigenvalue weighted by atomic mass is 32.2. The molecule has 0 saturated heterocycles. The zero-order chi connectivity index (χ0) is 13.5. The van der Waals surface area contributed by atoms with Crippen LogP contribution in [0.3, 0.4) is 0 Å². The van der Waals surface area contributed by atoms with Gasteiger partial charge in [-0.3, -0.25) is 0 Å². The molecule has 0 aliphatic carbocycles. The van der Waals surface area contributed by atoms with Crippen LogP contribution in [0.2, 0.25) is 0 Å². The largest absolute Gasteiger partial charge is 0.467 e. The Morgan fingerprint density at radius 2 is 2.00 bits per heavy atom. The molecule has 0 fully saturated rings. The van der Waals surface area contributed by atoms with Crippen molar-refractivity contribution in [2.45, 2.75) is 18.2 Å². The molecule has 3 N–H and O–H groups in total. The third kappa shape index (κ3) is 3.88. The molecule has 2 atom stereocenters. The minimum absolute atomic E-state index is 0.0295.